The van der Waals surface area contributed by atoms with Crippen LogP contribution in [0, 0.1) is 5.92 Å². The first-order chi connectivity index (χ1) is 14.9. The smallest absolute Gasteiger partial charge is 0.319 e. The summed E-state index contributed by atoms with van der Waals surface area (Å²) in [6.07, 6.45) is 2.89. The van der Waals surface area contributed by atoms with Crippen molar-refractivity contribution in [3.05, 3.63) is 53.1 Å². The van der Waals surface area contributed by atoms with E-state index < -0.39 is 0 Å². The Hall–Kier alpha value is -2.44. The highest BCUT2D eigenvalue weighted by atomic mass is 35.5. The molecule has 2 aromatic rings. The Bertz CT molecular complexity index is 953. The second-order valence-corrected chi connectivity index (χ2v) is 9.14. The number of fused-ring (bicyclic) bond motifs is 1. The number of methoxy groups -OCH3 is 2. The lowest BCUT2D eigenvalue weighted by Crippen LogP contribution is -2.48. The van der Waals surface area contributed by atoms with Crippen molar-refractivity contribution in [2.45, 2.75) is 30.7 Å². The van der Waals surface area contributed by atoms with Crippen molar-refractivity contribution in [1.82, 2.24) is 10.2 Å². The number of rotatable bonds is 5. The molecule has 0 radical (unpaired) electrons. The number of likely N-dealkylation sites (tertiary alicyclic amines) is 1. The molecular weight excluding hydrogens is 414 g/mol. The number of likely N-dealkylation sites (N-methyl/N-ethyl adjacent to an activating group) is 1. The number of nitrogens with one attached hydrogen (secondary N) is 2. The lowest BCUT2D eigenvalue weighted by molar-refractivity contribution is 0.197. The number of nitrogens with zero attached hydrogens (tertiary/aromatic N) is 1. The van der Waals surface area contributed by atoms with Crippen LogP contribution in [0.25, 0.3) is 0 Å². The van der Waals surface area contributed by atoms with Gasteiger partial charge in [0, 0.05) is 35.3 Å². The van der Waals surface area contributed by atoms with E-state index >= 15 is 0 Å². The van der Waals surface area contributed by atoms with Gasteiger partial charge in [0.05, 0.1) is 14.2 Å². The van der Waals surface area contributed by atoms with Crippen molar-refractivity contribution in [1.29, 1.82) is 0 Å². The average molecular weight is 444 g/mol. The number of urea groups is 1. The molecule has 31 heavy (non-hydrogen) atoms. The summed E-state index contributed by atoms with van der Waals surface area (Å²) in [7, 11) is 5.51. The van der Waals surface area contributed by atoms with Gasteiger partial charge in [0.15, 0.2) is 11.5 Å². The zero-order chi connectivity index (χ0) is 22.0. The third-order valence-corrected chi connectivity index (χ3v) is 6.98. The number of carbonyl (C=O) groups excluding carboxylic acids is 1. The van der Waals surface area contributed by atoms with Crippen LogP contribution in [0.1, 0.15) is 24.8 Å². The van der Waals surface area contributed by atoms with Crippen molar-refractivity contribution in [3.63, 3.8) is 0 Å². The van der Waals surface area contributed by atoms with Gasteiger partial charge in [-0.1, -0.05) is 23.7 Å². The lowest BCUT2D eigenvalue weighted by atomic mass is 9.63. The molecule has 0 unspecified atom stereocenters. The number of anilines is 1. The van der Waals surface area contributed by atoms with Crippen LogP contribution in [0.3, 0.4) is 0 Å². The van der Waals surface area contributed by atoms with Crippen molar-refractivity contribution < 1.29 is 14.3 Å². The molecule has 1 aliphatic heterocycles. The number of carbonyl (C=O) groups is 1. The topological polar surface area (TPSA) is 62.8 Å². The zero-order valence-corrected chi connectivity index (χ0v) is 19.0. The highest BCUT2D eigenvalue weighted by Crippen LogP contribution is 2.49. The molecule has 2 amide bonds. The minimum atomic E-state index is -0.183. The van der Waals surface area contributed by atoms with Gasteiger partial charge in [-0.3, -0.25) is 0 Å². The molecule has 1 aliphatic carbocycles. The van der Waals surface area contributed by atoms with Crippen LogP contribution >= 0.6 is 11.6 Å². The summed E-state index contributed by atoms with van der Waals surface area (Å²) in [5.74, 6) is 1.98. The van der Waals surface area contributed by atoms with Crippen LogP contribution in [0.2, 0.25) is 5.02 Å². The molecule has 2 fully saturated rings. The van der Waals surface area contributed by atoms with Crippen LogP contribution in [0.4, 0.5) is 10.5 Å². The van der Waals surface area contributed by atoms with Gasteiger partial charge in [0.25, 0.3) is 0 Å². The van der Waals surface area contributed by atoms with Gasteiger partial charge >= 0.3 is 6.03 Å². The largest absolute Gasteiger partial charge is 0.493 e. The normalized spacial score (nSPS) is 25.5. The first-order valence-electron chi connectivity index (χ1n) is 10.7. The van der Waals surface area contributed by atoms with Crippen LogP contribution in [0.15, 0.2) is 42.5 Å². The zero-order valence-electron chi connectivity index (χ0n) is 18.3. The maximum absolute atomic E-state index is 12.5. The van der Waals surface area contributed by atoms with Gasteiger partial charge in [0.2, 0.25) is 0 Å². The fourth-order valence-corrected chi connectivity index (χ4v) is 5.56. The highest BCUT2D eigenvalue weighted by molar-refractivity contribution is 6.30. The standard InChI is InChI=1S/C24H30ClN3O3/c1-28-14-17-11-20(27-23(29)26-19-6-4-5-18(25)13-19)9-10-24(17,15-28)16-7-8-21(30-2)22(12-16)31-3/h4-8,12-13,17,20H,9-11,14-15H2,1-3H3,(H2,26,27,29)/t17-,20+,24-/m1/s1. The quantitative estimate of drug-likeness (QED) is 0.712. The predicted octanol–water partition coefficient (Wildman–Crippen LogP) is 4.53. The molecule has 2 aliphatic rings. The van der Waals surface area contributed by atoms with Crippen LogP contribution in [-0.2, 0) is 5.41 Å². The van der Waals surface area contributed by atoms with E-state index in [-0.39, 0.29) is 17.5 Å². The molecule has 3 atom stereocenters. The minimum Gasteiger partial charge on any atom is -0.493 e. The minimum absolute atomic E-state index is 0.0654. The van der Waals surface area contributed by atoms with Crippen molar-refractivity contribution in [2.75, 3.05) is 39.7 Å². The van der Waals surface area contributed by atoms with Crippen molar-refractivity contribution in [2.24, 2.45) is 5.92 Å². The molecule has 2 aromatic carbocycles. The summed E-state index contributed by atoms with van der Waals surface area (Å²) >= 11 is 6.02. The molecule has 0 aromatic heterocycles. The molecule has 6 nitrogen and oxygen atoms in total. The predicted molar refractivity (Wildman–Crippen MR) is 123 cm³/mol. The van der Waals surface area contributed by atoms with E-state index in [1.165, 1.54) is 5.56 Å². The number of benzene rings is 2. The van der Waals surface area contributed by atoms with Crippen LogP contribution in [-0.4, -0.2) is 51.3 Å². The molecule has 166 valence electrons. The van der Waals surface area contributed by atoms with Gasteiger partial charge in [-0.05, 0) is 68.1 Å². The lowest BCUT2D eigenvalue weighted by Gasteiger charge is -2.42. The van der Waals surface area contributed by atoms with E-state index in [9.17, 15) is 4.79 Å². The van der Waals surface area contributed by atoms with E-state index in [4.69, 9.17) is 21.1 Å². The Morgan fingerprint density at radius 3 is 2.71 bits per heavy atom. The maximum Gasteiger partial charge on any atom is 0.319 e. The summed E-state index contributed by atoms with van der Waals surface area (Å²) in [4.78, 5) is 14.9. The fourth-order valence-electron chi connectivity index (χ4n) is 5.37. The van der Waals surface area contributed by atoms with Gasteiger partial charge in [-0.25, -0.2) is 4.79 Å². The number of hydrogen-bond acceptors (Lipinski definition) is 4. The molecule has 1 heterocycles. The maximum atomic E-state index is 12.5. The SMILES string of the molecule is COc1ccc([C@]23CC[C@H](NC(=O)Nc4cccc(Cl)c4)C[C@@H]2CN(C)C3)cc1OC. The number of amides is 2. The van der Waals surface area contributed by atoms with E-state index in [1.54, 1.807) is 26.4 Å². The van der Waals surface area contributed by atoms with E-state index in [0.717, 1.165) is 43.9 Å². The van der Waals surface area contributed by atoms with Gasteiger partial charge in [-0.15, -0.1) is 0 Å². The molecule has 1 saturated carbocycles. The Kier molecular flexibility index (Phi) is 6.30. The summed E-state index contributed by atoms with van der Waals surface area (Å²) in [6, 6.07) is 13.5. The molecule has 7 heteroatoms. The summed E-state index contributed by atoms with van der Waals surface area (Å²) < 4.78 is 11.0. The molecule has 0 bridgehead atoms. The summed E-state index contributed by atoms with van der Waals surface area (Å²) in [5.41, 5.74) is 2.05. The Balaban J connectivity index is 1.47. The molecule has 0 spiro atoms. The Morgan fingerprint density at radius 2 is 1.97 bits per heavy atom. The summed E-state index contributed by atoms with van der Waals surface area (Å²) in [6.45, 7) is 2.02. The molecule has 2 N–H and O–H groups in total. The van der Waals surface area contributed by atoms with Crippen LogP contribution < -0.4 is 20.1 Å². The average Bonchev–Trinajstić information content (AvgIpc) is 3.09. The van der Waals surface area contributed by atoms with E-state index in [0.29, 0.717) is 16.6 Å². The molecule has 1 saturated heterocycles. The highest BCUT2D eigenvalue weighted by Gasteiger charge is 2.50. The first-order valence-corrected chi connectivity index (χ1v) is 11.1. The first kappa shape index (κ1) is 21.8. The van der Waals surface area contributed by atoms with Crippen LogP contribution in [0.5, 0.6) is 11.5 Å². The number of hydrogen-bond donors (Lipinski definition) is 2. The summed E-state index contributed by atoms with van der Waals surface area (Å²) in [5, 5.41) is 6.66. The second-order valence-electron chi connectivity index (χ2n) is 8.70. The fraction of sp³-hybridized carbons (Fsp3) is 0.458. The third-order valence-electron chi connectivity index (χ3n) is 6.75. The van der Waals surface area contributed by atoms with Gasteiger partial charge < -0.3 is 25.0 Å². The van der Waals surface area contributed by atoms with Crippen molar-refractivity contribution in [3.8, 4) is 11.5 Å². The molecule has 4 rings (SSSR count). The van der Waals surface area contributed by atoms with E-state index in [2.05, 4.69) is 34.7 Å². The molecular formula is C24H30ClN3O3. The third kappa shape index (κ3) is 4.46. The monoisotopic (exact) mass is 443 g/mol. The number of halogens is 1. The Labute approximate surface area is 188 Å². The van der Waals surface area contributed by atoms with Gasteiger partial charge in [-0.2, -0.15) is 0 Å². The van der Waals surface area contributed by atoms with E-state index in [1.807, 2.05) is 18.2 Å². The second kappa shape index (κ2) is 8.97. The van der Waals surface area contributed by atoms with Gasteiger partial charge in [0.1, 0.15) is 0 Å². The number of ether oxygens (including phenoxy) is 2. The Morgan fingerprint density at radius 1 is 1.16 bits per heavy atom. The van der Waals surface area contributed by atoms with Crippen molar-refractivity contribution >= 4 is 23.3 Å².